The van der Waals surface area contributed by atoms with Gasteiger partial charge in [0.15, 0.2) is 11.5 Å². The normalized spacial score (nSPS) is 10.7. The van der Waals surface area contributed by atoms with E-state index < -0.39 is 17.6 Å². The van der Waals surface area contributed by atoms with Crippen LogP contribution in [0.25, 0.3) is 0 Å². The van der Waals surface area contributed by atoms with Gasteiger partial charge in [-0.2, -0.15) is 0 Å². The van der Waals surface area contributed by atoms with Gasteiger partial charge in [-0.1, -0.05) is 0 Å². The van der Waals surface area contributed by atoms with Gasteiger partial charge in [-0.15, -0.1) is 0 Å². The lowest BCUT2D eigenvalue weighted by atomic mass is 10.2. The summed E-state index contributed by atoms with van der Waals surface area (Å²) in [5.74, 6) is 0.546. The lowest BCUT2D eigenvalue weighted by Crippen LogP contribution is -2.44. The van der Waals surface area contributed by atoms with Gasteiger partial charge in [0.25, 0.3) is 5.91 Å². The average Bonchev–Trinajstić information content (AvgIpc) is 2.45. The number of amides is 2. The third-order valence-corrected chi connectivity index (χ3v) is 2.48. The Morgan fingerprint density at radius 2 is 1.61 bits per heavy atom. The van der Waals surface area contributed by atoms with Gasteiger partial charge < -0.3 is 14.2 Å². The molecule has 0 spiro atoms. The maximum absolute atomic E-state index is 12.1. The molecule has 2 amide bonds. The van der Waals surface area contributed by atoms with Crippen LogP contribution in [0.4, 0.5) is 4.79 Å². The molecule has 0 aliphatic rings. The molecular weight excluding hydrogens is 300 g/mol. The van der Waals surface area contributed by atoms with Crippen molar-refractivity contribution in [2.24, 2.45) is 0 Å². The molecule has 0 aliphatic carbocycles. The van der Waals surface area contributed by atoms with Crippen molar-refractivity contribution >= 4 is 12.0 Å². The summed E-state index contributed by atoms with van der Waals surface area (Å²) in [5, 5.41) is 0. The first-order chi connectivity index (χ1) is 10.8. The predicted octanol–water partition coefficient (Wildman–Crippen LogP) is 2.65. The fraction of sp³-hybridized carbons (Fsp3) is 0.500. The zero-order chi connectivity index (χ0) is 17.5. The Morgan fingerprint density at radius 3 is 2.17 bits per heavy atom. The third-order valence-electron chi connectivity index (χ3n) is 2.48. The fourth-order valence-electron chi connectivity index (χ4n) is 1.68. The van der Waals surface area contributed by atoms with Crippen LogP contribution in [0, 0.1) is 0 Å². The Balaban J connectivity index is 2.72. The van der Waals surface area contributed by atoms with E-state index in [-0.39, 0.29) is 0 Å². The number of hydrogen-bond acceptors (Lipinski definition) is 5. The van der Waals surface area contributed by atoms with Crippen molar-refractivity contribution in [3.63, 3.8) is 0 Å². The van der Waals surface area contributed by atoms with Crippen molar-refractivity contribution in [2.75, 3.05) is 13.2 Å². The Kier molecular flexibility index (Phi) is 6.68. The van der Waals surface area contributed by atoms with Gasteiger partial charge in [0, 0.05) is 5.56 Å². The minimum atomic E-state index is -0.734. The molecule has 0 saturated heterocycles. The summed E-state index contributed by atoms with van der Waals surface area (Å²) in [6, 6.07) is 4.79. The molecule has 0 atom stereocenters. The van der Waals surface area contributed by atoms with Crippen molar-refractivity contribution in [2.45, 2.75) is 40.2 Å². The number of hydrogen-bond donors (Lipinski definition) is 2. The molecule has 128 valence electrons. The molecule has 0 aromatic heterocycles. The number of hydrazine groups is 1. The highest BCUT2D eigenvalue weighted by molar-refractivity contribution is 5.95. The van der Waals surface area contributed by atoms with Crippen LogP contribution in [0.1, 0.15) is 45.0 Å². The largest absolute Gasteiger partial charge is 0.490 e. The van der Waals surface area contributed by atoms with Gasteiger partial charge in [0.1, 0.15) is 5.60 Å². The molecule has 1 aromatic carbocycles. The lowest BCUT2D eigenvalue weighted by molar-refractivity contribution is 0.0483. The van der Waals surface area contributed by atoms with Gasteiger partial charge in [-0.3, -0.25) is 10.2 Å². The van der Waals surface area contributed by atoms with Gasteiger partial charge >= 0.3 is 6.09 Å². The van der Waals surface area contributed by atoms with E-state index in [9.17, 15) is 9.59 Å². The topological polar surface area (TPSA) is 85.9 Å². The maximum Gasteiger partial charge on any atom is 0.426 e. The smallest absolute Gasteiger partial charge is 0.426 e. The Morgan fingerprint density at radius 1 is 1.00 bits per heavy atom. The molecule has 0 fully saturated rings. The molecule has 1 rings (SSSR count). The molecule has 7 nitrogen and oxygen atoms in total. The summed E-state index contributed by atoms with van der Waals surface area (Å²) in [6.45, 7) is 9.83. The van der Waals surface area contributed by atoms with Crippen molar-refractivity contribution in [1.82, 2.24) is 10.9 Å². The summed E-state index contributed by atoms with van der Waals surface area (Å²) < 4.78 is 15.9. The van der Waals surface area contributed by atoms with E-state index in [1.165, 1.54) is 0 Å². The van der Waals surface area contributed by atoms with Crippen LogP contribution in [0.15, 0.2) is 18.2 Å². The summed E-state index contributed by atoms with van der Waals surface area (Å²) in [4.78, 5) is 23.6. The van der Waals surface area contributed by atoms with Crippen molar-refractivity contribution in [1.29, 1.82) is 0 Å². The Hall–Kier alpha value is -2.44. The minimum Gasteiger partial charge on any atom is -0.490 e. The Labute approximate surface area is 136 Å². The number of carbonyl (C=O) groups is 2. The van der Waals surface area contributed by atoms with Crippen LogP contribution in [0.2, 0.25) is 0 Å². The highest BCUT2D eigenvalue weighted by Crippen LogP contribution is 2.28. The number of carbonyl (C=O) groups excluding carboxylic acids is 2. The first kappa shape index (κ1) is 18.6. The van der Waals surface area contributed by atoms with E-state index in [0.29, 0.717) is 30.3 Å². The third kappa shape index (κ3) is 6.46. The molecule has 0 unspecified atom stereocenters. The van der Waals surface area contributed by atoms with E-state index in [0.717, 1.165) is 0 Å². The summed E-state index contributed by atoms with van der Waals surface area (Å²) in [7, 11) is 0. The van der Waals surface area contributed by atoms with Gasteiger partial charge in [-0.05, 0) is 52.8 Å². The Bertz CT molecular complexity index is 552. The summed E-state index contributed by atoms with van der Waals surface area (Å²) in [6.07, 6.45) is -0.734. The molecule has 0 aliphatic heterocycles. The van der Waals surface area contributed by atoms with Crippen molar-refractivity contribution < 1.29 is 23.8 Å². The van der Waals surface area contributed by atoms with Crippen molar-refractivity contribution in [3.05, 3.63) is 23.8 Å². The number of rotatable bonds is 5. The van der Waals surface area contributed by atoms with Gasteiger partial charge in [-0.25, -0.2) is 10.2 Å². The quantitative estimate of drug-likeness (QED) is 0.813. The second-order valence-corrected chi connectivity index (χ2v) is 5.61. The molecule has 0 bridgehead atoms. The van der Waals surface area contributed by atoms with E-state index in [2.05, 4.69) is 10.9 Å². The molecule has 0 saturated carbocycles. The van der Waals surface area contributed by atoms with Crippen LogP contribution >= 0.6 is 0 Å². The van der Waals surface area contributed by atoms with E-state index in [1.807, 2.05) is 13.8 Å². The standard InChI is InChI=1S/C16H24N2O5/c1-6-21-12-9-8-11(10-13(12)22-7-2)14(19)17-18-15(20)23-16(3,4)5/h8-10H,6-7H2,1-5H3,(H,17,19)(H,18,20). The molecule has 0 heterocycles. The second kappa shape index (κ2) is 8.26. The molecule has 1 aromatic rings. The minimum absolute atomic E-state index is 0.327. The van der Waals surface area contributed by atoms with Gasteiger partial charge in [0.05, 0.1) is 13.2 Å². The van der Waals surface area contributed by atoms with Crippen LogP contribution < -0.4 is 20.3 Å². The van der Waals surface area contributed by atoms with Crippen LogP contribution in [-0.4, -0.2) is 30.8 Å². The average molecular weight is 324 g/mol. The molecule has 7 heteroatoms. The van der Waals surface area contributed by atoms with E-state index in [4.69, 9.17) is 14.2 Å². The fourth-order valence-corrected chi connectivity index (χ4v) is 1.68. The predicted molar refractivity (Wildman–Crippen MR) is 85.6 cm³/mol. The van der Waals surface area contributed by atoms with Crippen molar-refractivity contribution in [3.8, 4) is 11.5 Å². The first-order valence-electron chi connectivity index (χ1n) is 7.45. The molecular formula is C16H24N2O5. The maximum atomic E-state index is 12.1. The summed E-state index contributed by atoms with van der Waals surface area (Å²) >= 11 is 0. The zero-order valence-corrected chi connectivity index (χ0v) is 14.2. The number of ether oxygens (including phenoxy) is 3. The summed E-state index contributed by atoms with van der Waals surface area (Å²) in [5.41, 5.74) is 4.16. The van der Waals surface area contributed by atoms with Crippen LogP contribution in [-0.2, 0) is 4.74 Å². The highest BCUT2D eigenvalue weighted by Gasteiger charge is 2.17. The SMILES string of the molecule is CCOc1ccc(C(=O)NNC(=O)OC(C)(C)C)cc1OCC. The first-order valence-corrected chi connectivity index (χ1v) is 7.45. The molecule has 23 heavy (non-hydrogen) atoms. The lowest BCUT2D eigenvalue weighted by Gasteiger charge is -2.19. The molecule has 2 N–H and O–H groups in total. The van der Waals surface area contributed by atoms with E-state index in [1.54, 1.807) is 39.0 Å². The van der Waals surface area contributed by atoms with Crippen LogP contribution in [0.3, 0.4) is 0 Å². The second-order valence-electron chi connectivity index (χ2n) is 5.61. The number of nitrogens with one attached hydrogen (secondary N) is 2. The monoisotopic (exact) mass is 324 g/mol. The highest BCUT2D eigenvalue weighted by atomic mass is 16.6. The number of benzene rings is 1. The molecule has 0 radical (unpaired) electrons. The van der Waals surface area contributed by atoms with Gasteiger partial charge in [0.2, 0.25) is 0 Å². The zero-order valence-electron chi connectivity index (χ0n) is 14.2. The van der Waals surface area contributed by atoms with Crippen LogP contribution in [0.5, 0.6) is 11.5 Å². The van der Waals surface area contributed by atoms with E-state index >= 15 is 0 Å².